The van der Waals surface area contributed by atoms with Crippen molar-refractivity contribution in [1.29, 1.82) is 0 Å². The van der Waals surface area contributed by atoms with Crippen LogP contribution < -0.4 is 10.6 Å². The molecule has 0 atom stereocenters. The van der Waals surface area contributed by atoms with E-state index in [4.69, 9.17) is 0 Å². The molecule has 1 aromatic carbocycles. The van der Waals surface area contributed by atoms with Crippen LogP contribution in [-0.4, -0.2) is 44.0 Å². The zero-order valence-corrected chi connectivity index (χ0v) is 15.3. The first kappa shape index (κ1) is 18.5. The molecule has 22 heavy (non-hydrogen) atoms. The molecule has 6 heteroatoms. The number of aliphatic imine (C=N–C) groups is 1. The third-order valence-electron chi connectivity index (χ3n) is 3.16. The molecule has 5 nitrogen and oxygen atoms in total. The highest BCUT2D eigenvalue weighted by molar-refractivity contribution is 9.10. The molecule has 0 spiro atoms. The fraction of sp³-hybridized carbons (Fsp3) is 0.500. The van der Waals surface area contributed by atoms with Gasteiger partial charge in [0.15, 0.2) is 5.96 Å². The van der Waals surface area contributed by atoms with Crippen molar-refractivity contribution in [2.75, 3.05) is 27.2 Å². The Balaban J connectivity index is 2.71. The minimum atomic E-state index is 0.0193. The summed E-state index contributed by atoms with van der Waals surface area (Å²) in [6.07, 6.45) is 1.000. The van der Waals surface area contributed by atoms with E-state index in [1.165, 1.54) is 11.1 Å². The quantitative estimate of drug-likeness (QED) is 0.598. The minimum absolute atomic E-state index is 0.0193. The van der Waals surface area contributed by atoms with E-state index in [-0.39, 0.29) is 12.5 Å². The van der Waals surface area contributed by atoms with Crippen LogP contribution in [0.3, 0.4) is 0 Å². The van der Waals surface area contributed by atoms with Crippen molar-refractivity contribution in [2.45, 2.75) is 26.8 Å². The fourth-order valence-electron chi connectivity index (χ4n) is 1.74. The van der Waals surface area contributed by atoms with Crippen LogP contribution in [0.1, 0.15) is 24.5 Å². The number of likely N-dealkylation sites (N-methyl/N-ethyl adjacent to an activating group) is 1. The standard InChI is InChI=1S/C16H25BrN4O/c1-5-8-18-16(20-11-15(22)21(3)4)19-10-13-6-7-14(17)9-12(13)2/h6-7,9H,5,8,10-11H2,1-4H3,(H2,18,19,20). The second-order valence-corrected chi connectivity index (χ2v) is 6.22. The highest BCUT2D eigenvalue weighted by Crippen LogP contribution is 2.16. The maximum Gasteiger partial charge on any atom is 0.241 e. The Morgan fingerprint density at radius 1 is 1.32 bits per heavy atom. The molecule has 0 radical (unpaired) electrons. The molecule has 0 unspecified atom stereocenters. The summed E-state index contributed by atoms with van der Waals surface area (Å²) >= 11 is 3.46. The maximum atomic E-state index is 11.7. The van der Waals surface area contributed by atoms with Crippen LogP contribution in [0, 0.1) is 6.92 Å². The van der Waals surface area contributed by atoms with Gasteiger partial charge in [-0.3, -0.25) is 4.79 Å². The Morgan fingerprint density at radius 2 is 2.05 bits per heavy atom. The van der Waals surface area contributed by atoms with Crippen molar-refractivity contribution >= 4 is 27.8 Å². The molecule has 0 fully saturated rings. The third kappa shape index (κ3) is 6.47. The first-order valence-electron chi connectivity index (χ1n) is 7.41. The van der Waals surface area contributed by atoms with E-state index in [1.807, 2.05) is 6.07 Å². The lowest BCUT2D eigenvalue weighted by molar-refractivity contribution is -0.127. The molecule has 1 aromatic rings. The molecular weight excluding hydrogens is 344 g/mol. The molecular formula is C16H25BrN4O. The molecule has 1 rings (SSSR count). The van der Waals surface area contributed by atoms with Crippen LogP contribution in [0.4, 0.5) is 0 Å². The smallest absolute Gasteiger partial charge is 0.241 e. The molecule has 0 aliphatic carbocycles. The van der Waals surface area contributed by atoms with Crippen molar-refractivity contribution in [1.82, 2.24) is 15.5 Å². The van der Waals surface area contributed by atoms with Gasteiger partial charge < -0.3 is 15.5 Å². The first-order valence-corrected chi connectivity index (χ1v) is 8.20. The highest BCUT2D eigenvalue weighted by Gasteiger charge is 2.06. The third-order valence-corrected chi connectivity index (χ3v) is 3.65. The van der Waals surface area contributed by atoms with Crippen LogP contribution >= 0.6 is 15.9 Å². The number of carbonyl (C=O) groups is 1. The molecule has 122 valence electrons. The summed E-state index contributed by atoms with van der Waals surface area (Å²) in [5.74, 6) is 0.685. The number of hydrogen-bond donors (Lipinski definition) is 2. The average Bonchev–Trinajstić information content (AvgIpc) is 2.47. The molecule has 0 saturated heterocycles. The van der Waals surface area contributed by atoms with Gasteiger partial charge in [0.05, 0.1) is 13.1 Å². The van der Waals surface area contributed by atoms with Crippen LogP contribution in [0.2, 0.25) is 0 Å². The predicted octanol–water partition coefficient (Wildman–Crippen LogP) is 2.29. The minimum Gasteiger partial charge on any atom is -0.356 e. The van der Waals surface area contributed by atoms with Crippen LogP contribution in [-0.2, 0) is 11.3 Å². The Kier molecular flexibility index (Phi) is 7.95. The van der Waals surface area contributed by atoms with Gasteiger partial charge in [0, 0.05) is 25.1 Å². The monoisotopic (exact) mass is 368 g/mol. The lowest BCUT2D eigenvalue weighted by Gasteiger charge is -2.15. The molecule has 0 aliphatic rings. The predicted molar refractivity (Wildman–Crippen MR) is 95.0 cm³/mol. The van der Waals surface area contributed by atoms with E-state index in [0.29, 0.717) is 12.5 Å². The highest BCUT2D eigenvalue weighted by atomic mass is 79.9. The van der Waals surface area contributed by atoms with Gasteiger partial charge in [0.2, 0.25) is 5.91 Å². The van der Waals surface area contributed by atoms with Gasteiger partial charge in [0.1, 0.15) is 0 Å². The summed E-state index contributed by atoms with van der Waals surface area (Å²) in [7, 11) is 3.48. The average molecular weight is 369 g/mol. The number of halogens is 1. The zero-order chi connectivity index (χ0) is 16.5. The number of hydrogen-bond acceptors (Lipinski definition) is 2. The molecule has 0 bridgehead atoms. The Bertz CT molecular complexity index is 529. The molecule has 0 aromatic heterocycles. The van der Waals surface area contributed by atoms with Gasteiger partial charge in [-0.1, -0.05) is 28.9 Å². The summed E-state index contributed by atoms with van der Waals surface area (Å²) in [6, 6.07) is 6.15. The van der Waals surface area contributed by atoms with E-state index >= 15 is 0 Å². The van der Waals surface area contributed by atoms with Crippen molar-refractivity contribution in [2.24, 2.45) is 4.99 Å². The Hall–Kier alpha value is -1.56. The van der Waals surface area contributed by atoms with Crippen molar-refractivity contribution in [3.05, 3.63) is 33.8 Å². The van der Waals surface area contributed by atoms with Crippen molar-refractivity contribution in [3.8, 4) is 0 Å². The largest absolute Gasteiger partial charge is 0.356 e. The topological polar surface area (TPSA) is 56.7 Å². The van der Waals surface area contributed by atoms with Crippen LogP contribution in [0.15, 0.2) is 27.7 Å². The van der Waals surface area contributed by atoms with E-state index in [2.05, 4.69) is 57.5 Å². The summed E-state index contributed by atoms with van der Waals surface area (Å²) in [4.78, 5) is 17.8. The summed E-state index contributed by atoms with van der Waals surface area (Å²) in [5.41, 5.74) is 2.36. The van der Waals surface area contributed by atoms with Gasteiger partial charge in [-0.2, -0.15) is 0 Å². The number of rotatable bonds is 6. The number of amides is 1. The number of benzene rings is 1. The molecule has 0 heterocycles. The van der Waals surface area contributed by atoms with Gasteiger partial charge in [0.25, 0.3) is 0 Å². The lowest BCUT2D eigenvalue weighted by atomic mass is 10.1. The lowest BCUT2D eigenvalue weighted by Crippen LogP contribution is -2.43. The van der Waals surface area contributed by atoms with Crippen molar-refractivity contribution in [3.63, 3.8) is 0 Å². The van der Waals surface area contributed by atoms with E-state index in [1.54, 1.807) is 19.0 Å². The Labute approximate surface area is 141 Å². The molecule has 1 amide bonds. The number of aryl methyl sites for hydroxylation is 1. The van der Waals surface area contributed by atoms with Crippen molar-refractivity contribution < 1.29 is 4.79 Å². The van der Waals surface area contributed by atoms with E-state index < -0.39 is 0 Å². The van der Waals surface area contributed by atoms with Gasteiger partial charge in [-0.05, 0) is 36.6 Å². The van der Waals surface area contributed by atoms with Gasteiger partial charge >= 0.3 is 0 Å². The summed E-state index contributed by atoms with van der Waals surface area (Å²) in [5, 5.41) is 6.30. The normalized spacial score (nSPS) is 11.2. The second kappa shape index (κ2) is 9.46. The fourth-order valence-corrected chi connectivity index (χ4v) is 2.21. The number of nitrogens with zero attached hydrogens (tertiary/aromatic N) is 2. The molecule has 2 N–H and O–H groups in total. The Morgan fingerprint density at radius 3 is 2.64 bits per heavy atom. The summed E-state index contributed by atoms with van der Waals surface area (Å²) < 4.78 is 1.07. The zero-order valence-electron chi connectivity index (χ0n) is 13.7. The van der Waals surface area contributed by atoms with E-state index in [9.17, 15) is 4.79 Å². The number of guanidine groups is 1. The molecule has 0 aliphatic heterocycles. The van der Waals surface area contributed by atoms with Crippen LogP contribution in [0.25, 0.3) is 0 Å². The molecule has 0 saturated carbocycles. The number of carbonyl (C=O) groups excluding carboxylic acids is 1. The first-order chi connectivity index (χ1) is 10.4. The maximum absolute atomic E-state index is 11.7. The summed E-state index contributed by atoms with van der Waals surface area (Å²) in [6.45, 7) is 5.80. The van der Waals surface area contributed by atoms with Gasteiger partial charge in [-0.25, -0.2) is 4.99 Å². The van der Waals surface area contributed by atoms with Crippen LogP contribution in [0.5, 0.6) is 0 Å². The van der Waals surface area contributed by atoms with E-state index in [0.717, 1.165) is 17.4 Å². The van der Waals surface area contributed by atoms with Gasteiger partial charge in [-0.15, -0.1) is 0 Å². The number of nitrogens with one attached hydrogen (secondary N) is 2. The SMILES string of the molecule is CCCNC(=NCc1ccc(Br)cc1C)NCC(=O)N(C)C. The second-order valence-electron chi connectivity index (χ2n) is 5.30.